The Bertz CT molecular complexity index is 1120. The first kappa shape index (κ1) is 19.0. The van der Waals surface area contributed by atoms with Gasteiger partial charge < -0.3 is 14.8 Å². The molecule has 2 heterocycles. The molecule has 1 amide bonds. The third-order valence-corrected chi connectivity index (χ3v) is 4.49. The van der Waals surface area contributed by atoms with Crippen molar-refractivity contribution in [2.45, 2.75) is 13.2 Å². The first-order chi connectivity index (χ1) is 13.7. The van der Waals surface area contributed by atoms with Crippen molar-refractivity contribution in [1.82, 2.24) is 9.97 Å². The molecule has 0 saturated carbocycles. The summed E-state index contributed by atoms with van der Waals surface area (Å²) in [4.78, 5) is 20.5. The fourth-order valence-corrected chi connectivity index (χ4v) is 2.99. The van der Waals surface area contributed by atoms with Crippen molar-refractivity contribution >= 4 is 23.3 Å². The molecule has 148 valence electrons. The molecule has 0 spiro atoms. The first-order valence-corrected chi connectivity index (χ1v) is 8.59. The molecule has 3 aromatic rings. The number of halogens is 4. The van der Waals surface area contributed by atoms with Crippen LogP contribution >= 0.6 is 11.6 Å². The molecule has 29 heavy (non-hydrogen) atoms. The second kappa shape index (κ2) is 6.93. The molecule has 0 atom stereocenters. The number of nitrogens with one attached hydrogen (secondary N) is 1. The molecule has 1 N–H and O–H groups in total. The number of alkyl halides is 2. The Morgan fingerprint density at radius 1 is 1.14 bits per heavy atom. The highest BCUT2D eigenvalue weighted by molar-refractivity contribution is 6.33. The Kier molecular flexibility index (Phi) is 4.54. The lowest BCUT2D eigenvalue weighted by atomic mass is 10.1. The van der Waals surface area contributed by atoms with Crippen LogP contribution in [0.25, 0.3) is 11.3 Å². The number of rotatable bonds is 3. The molecule has 0 unspecified atom stereocenters. The van der Waals surface area contributed by atoms with Crippen molar-refractivity contribution in [3.05, 3.63) is 64.7 Å². The fraction of sp³-hybridized carbons (Fsp3) is 0.105. The maximum atomic E-state index is 13.6. The minimum atomic E-state index is -3.76. The lowest BCUT2D eigenvalue weighted by Crippen LogP contribution is -2.25. The summed E-state index contributed by atoms with van der Waals surface area (Å²) in [6.45, 7) is 1.49. The van der Waals surface area contributed by atoms with E-state index in [2.05, 4.69) is 24.8 Å². The molecular weight excluding hydrogens is 411 g/mol. The van der Waals surface area contributed by atoms with Gasteiger partial charge in [0.05, 0.1) is 23.1 Å². The highest BCUT2D eigenvalue weighted by atomic mass is 35.5. The van der Waals surface area contributed by atoms with E-state index in [1.165, 1.54) is 49.6 Å². The molecule has 0 saturated heterocycles. The van der Waals surface area contributed by atoms with Crippen molar-refractivity contribution in [2.75, 3.05) is 5.32 Å². The van der Waals surface area contributed by atoms with Crippen LogP contribution in [-0.2, 0) is 0 Å². The quantitative estimate of drug-likeness (QED) is 0.656. The van der Waals surface area contributed by atoms with Crippen LogP contribution in [0.4, 0.5) is 19.0 Å². The topological polar surface area (TPSA) is 73.3 Å². The smallest absolute Gasteiger partial charge is 0.395 e. The van der Waals surface area contributed by atoms with E-state index in [1.807, 2.05) is 0 Å². The van der Waals surface area contributed by atoms with Crippen molar-refractivity contribution in [3.8, 4) is 22.8 Å². The van der Waals surface area contributed by atoms with Crippen LogP contribution in [0.1, 0.15) is 15.9 Å². The molecule has 1 aliphatic heterocycles. The number of nitrogens with zero attached hydrogens (tertiary/aromatic N) is 2. The molecule has 4 rings (SSSR count). The van der Waals surface area contributed by atoms with Crippen LogP contribution in [0.15, 0.2) is 42.7 Å². The molecule has 0 fully saturated rings. The summed E-state index contributed by atoms with van der Waals surface area (Å²) in [6.07, 6.45) is -1.20. The van der Waals surface area contributed by atoms with Gasteiger partial charge in [0.15, 0.2) is 17.3 Å². The lowest BCUT2D eigenvalue weighted by molar-refractivity contribution is -0.286. The third-order valence-electron chi connectivity index (χ3n) is 4.17. The molecule has 2 aromatic carbocycles. The lowest BCUT2D eigenvalue weighted by Gasteiger charge is -2.09. The summed E-state index contributed by atoms with van der Waals surface area (Å²) in [5.74, 6) is -1.30. The summed E-state index contributed by atoms with van der Waals surface area (Å²) in [5, 5.41) is 2.62. The number of aromatic nitrogens is 2. The van der Waals surface area contributed by atoms with E-state index >= 15 is 0 Å². The maximum absolute atomic E-state index is 13.6. The van der Waals surface area contributed by atoms with Crippen LogP contribution in [0.2, 0.25) is 5.02 Å². The van der Waals surface area contributed by atoms with Crippen molar-refractivity contribution in [1.29, 1.82) is 0 Å². The van der Waals surface area contributed by atoms with Gasteiger partial charge in [-0.1, -0.05) is 17.7 Å². The summed E-state index contributed by atoms with van der Waals surface area (Å²) < 4.78 is 48.7. The first-order valence-electron chi connectivity index (χ1n) is 8.22. The molecule has 0 radical (unpaired) electrons. The van der Waals surface area contributed by atoms with Gasteiger partial charge in [-0.05, 0) is 30.7 Å². The second-order valence-corrected chi connectivity index (χ2v) is 6.51. The van der Waals surface area contributed by atoms with Crippen molar-refractivity contribution in [3.63, 3.8) is 0 Å². The standard InChI is InChI=1S/C19H11ClF3N3O3/c1-9-10(3-2-4-13(9)21)18(27)26-17-8-24-14(7-25-17)11-5-15-16(6-12(11)20)29-19(22,23)28-15/h2-8H,1H3,(H,25,26,27). The van der Waals surface area contributed by atoms with Crippen LogP contribution in [0.3, 0.4) is 0 Å². The van der Waals surface area contributed by atoms with Crippen molar-refractivity contribution < 1.29 is 27.4 Å². The van der Waals surface area contributed by atoms with Gasteiger partial charge in [0.2, 0.25) is 0 Å². The Morgan fingerprint density at radius 3 is 2.55 bits per heavy atom. The van der Waals surface area contributed by atoms with Gasteiger partial charge in [-0.25, -0.2) is 9.37 Å². The molecule has 0 bridgehead atoms. The molecule has 0 aliphatic carbocycles. The number of amides is 1. The Balaban J connectivity index is 1.56. The van der Waals surface area contributed by atoms with Gasteiger partial charge in [-0.15, -0.1) is 8.78 Å². The molecule has 1 aromatic heterocycles. The molecule has 6 nitrogen and oxygen atoms in total. The van der Waals surface area contributed by atoms with Crippen LogP contribution in [-0.4, -0.2) is 22.2 Å². The minimum absolute atomic E-state index is 0.103. The van der Waals surface area contributed by atoms with Gasteiger partial charge in [-0.2, -0.15) is 0 Å². The van der Waals surface area contributed by atoms with Gasteiger partial charge in [0.25, 0.3) is 5.91 Å². The van der Waals surface area contributed by atoms with E-state index in [0.717, 1.165) is 0 Å². The van der Waals surface area contributed by atoms with E-state index in [1.54, 1.807) is 0 Å². The average molecular weight is 422 g/mol. The number of hydrogen-bond acceptors (Lipinski definition) is 5. The van der Waals surface area contributed by atoms with Crippen LogP contribution < -0.4 is 14.8 Å². The predicted octanol–water partition coefficient (Wildman–Crippen LogP) is 4.82. The average Bonchev–Trinajstić information content (AvgIpc) is 2.96. The number of anilines is 1. The summed E-state index contributed by atoms with van der Waals surface area (Å²) in [6, 6.07) is 6.62. The monoisotopic (exact) mass is 421 g/mol. The molecular formula is C19H11ClF3N3O3. The summed E-state index contributed by atoms with van der Waals surface area (Å²) in [7, 11) is 0. The third kappa shape index (κ3) is 3.68. The van der Waals surface area contributed by atoms with Gasteiger partial charge in [0.1, 0.15) is 5.82 Å². The highest BCUT2D eigenvalue weighted by Gasteiger charge is 2.43. The van der Waals surface area contributed by atoms with Gasteiger partial charge in [0, 0.05) is 17.2 Å². The fourth-order valence-electron chi connectivity index (χ4n) is 2.74. The van der Waals surface area contributed by atoms with E-state index in [4.69, 9.17) is 11.6 Å². The van der Waals surface area contributed by atoms with Crippen LogP contribution in [0.5, 0.6) is 11.5 Å². The Labute approximate surface area is 167 Å². The highest BCUT2D eigenvalue weighted by Crippen LogP contribution is 2.45. The van der Waals surface area contributed by atoms with E-state index < -0.39 is 18.0 Å². The Morgan fingerprint density at radius 2 is 1.86 bits per heavy atom. The van der Waals surface area contributed by atoms with E-state index in [-0.39, 0.29) is 44.7 Å². The molecule has 1 aliphatic rings. The molecule has 10 heteroatoms. The summed E-state index contributed by atoms with van der Waals surface area (Å²) in [5.41, 5.74) is 0.920. The van der Waals surface area contributed by atoms with Gasteiger partial charge >= 0.3 is 6.29 Å². The minimum Gasteiger partial charge on any atom is -0.395 e. The second-order valence-electron chi connectivity index (χ2n) is 6.10. The van der Waals surface area contributed by atoms with E-state index in [9.17, 15) is 18.0 Å². The summed E-state index contributed by atoms with van der Waals surface area (Å²) >= 11 is 6.12. The largest absolute Gasteiger partial charge is 0.586 e. The zero-order valence-electron chi connectivity index (χ0n) is 14.7. The van der Waals surface area contributed by atoms with Gasteiger partial charge in [-0.3, -0.25) is 9.78 Å². The number of hydrogen-bond donors (Lipinski definition) is 1. The number of carbonyl (C=O) groups excluding carboxylic acids is 1. The number of ether oxygens (including phenoxy) is 2. The zero-order valence-corrected chi connectivity index (χ0v) is 15.4. The zero-order chi connectivity index (χ0) is 20.8. The number of fused-ring (bicyclic) bond motifs is 1. The van der Waals surface area contributed by atoms with Crippen molar-refractivity contribution in [2.24, 2.45) is 0 Å². The number of benzene rings is 2. The SMILES string of the molecule is Cc1c(F)cccc1C(=O)Nc1cnc(-c2cc3c(cc2Cl)OC(F)(F)O3)cn1. The van der Waals surface area contributed by atoms with E-state index in [0.29, 0.717) is 0 Å². The Hall–Kier alpha value is -3.33. The normalized spacial score (nSPS) is 14.0. The van der Waals surface area contributed by atoms with Crippen LogP contribution in [0, 0.1) is 12.7 Å². The predicted molar refractivity (Wildman–Crippen MR) is 97.8 cm³/mol. The maximum Gasteiger partial charge on any atom is 0.586 e. The number of carbonyl (C=O) groups is 1.